The Bertz CT molecular complexity index is 816. The number of para-hydroxylation sites is 2. The highest BCUT2D eigenvalue weighted by atomic mass is 32.1. The summed E-state index contributed by atoms with van der Waals surface area (Å²) in [6.45, 7) is 10.8. The third kappa shape index (κ3) is 5.63. The molecule has 1 saturated heterocycles. The maximum atomic E-state index is 5.80. The number of hydrogen-bond donors (Lipinski definition) is 1. The number of aryl methyl sites for hydroxylation is 2. The quantitative estimate of drug-likeness (QED) is 0.628. The Morgan fingerprint density at radius 3 is 2.52 bits per heavy atom. The van der Waals surface area contributed by atoms with Gasteiger partial charge in [0.25, 0.3) is 0 Å². The first-order valence-corrected chi connectivity index (χ1v) is 11.2. The maximum Gasteiger partial charge on any atom is 0.173 e. The number of ether oxygens (including phenoxy) is 1. The van der Waals surface area contributed by atoms with E-state index in [4.69, 9.17) is 17.0 Å². The van der Waals surface area contributed by atoms with Crippen LogP contribution in [0.2, 0.25) is 0 Å². The van der Waals surface area contributed by atoms with Gasteiger partial charge in [-0.2, -0.15) is 0 Å². The Morgan fingerprint density at radius 2 is 1.83 bits per heavy atom. The molecule has 0 aliphatic carbocycles. The van der Waals surface area contributed by atoms with Crippen LogP contribution in [0, 0.1) is 6.92 Å². The first kappa shape index (κ1) is 21.4. The highest BCUT2D eigenvalue weighted by Crippen LogP contribution is 2.29. The van der Waals surface area contributed by atoms with Crippen LogP contribution in [0.5, 0.6) is 5.75 Å². The van der Waals surface area contributed by atoms with Crippen molar-refractivity contribution in [2.45, 2.75) is 40.0 Å². The molecule has 0 radical (unpaired) electrons. The Morgan fingerprint density at radius 1 is 1.07 bits per heavy atom. The second kappa shape index (κ2) is 10.5. The summed E-state index contributed by atoms with van der Waals surface area (Å²) < 4.78 is 5.80. The molecular formula is C24H33N3OS. The van der Waals surface area contributed by atoms with Gasteiger partial charge in [0.05, 0.1) is 12.3 Å². The van der Waals surface area contributed by atoms with E-state index in [1.807, 2.05) is 19.1 Å². The monoisotopic (exact) mass is 411 g/mol. The maximum absolute atomic E-state index is 5.80. The number of benzene rings is 2. The van der Waals surface area contributed by atoms with Gasteiger partial charge >= 0.3 is 0 Å². The lowest BCUT2D eigenvalue weighted by Gasteiger charge is -2.38. The molecule has 4 nitrogen and oxygen atoms in total. The van der Waals surface area contributed by atoms with Gasteiger partial charge < -0.3 is 19.9 Å². The molecular weight excluding hydrogens is 378 g/mol. The SMILES string of the molecule is CCCCc1ccc(NC(=S)N2CCN(c3ccccc3OCC)CC2)c(C)c1. The zero-order valence-corrected chi connectivity index (χ0v) is 18.7. The summed E-state index contributed by atoms with van der Waals surface area (Å²) >= 11 is 5.71. The van der Waals surface area contributed by atoms with Crippen molar-refractivity contribution in [3.8, 4) is 5.75 Å². The Labute approximate surface area is 180 Å². The summed E-state index contributed by atoms with van der Waals surface area (Å²) in [7, 11) is 0. The van der Waals surface area contributed by atoms with E-state index in [9.17, 15) is 0 Å². The van der Waals surface area contributed by atoms with Gasteiger partial charge in [0.1, 0.15) is 5.75 Å². The van der Waals surface area contributed by atoms with E-state index in [1.165, 1.54) is 29.7 Å². The number of anilines is 2. The number of hydrogen-bond acceptors (Lipinski definition) is 3. The van der Waals surface area contributed by atoms with Crippen LogP contribution in [-0.2, 0) is 6.42 Å². The summed E-state index contributed by atoms with van der Waals surface area (Å²) in [5.41, 5.74) is 4.94. The number of thiocarbonyl (C=S) groups is 1. The van der Waals surface area contributed by atoms with Crippen LogP contribution >= 0.6 is 12.2 Å². The average molecular weight is 412 g/mol. The minimum atomic E-state index is 0.682. The van der Waals surface area contributed by atoms with Gasteiger partial charge in [-0.15, -0.1) is 0 Å². The smallest absolute Gasteiger partial charge is 0.173 e. The molecule has 0 spiro atoms. The number of nitrogens with one attached hydrogen (secondary N) is 1. The van der Waals surface area contributed by atoms with E-state index in [0.717, 1.165) is 49.1 Å². The lowest BCUT2D eigenvalue weighted by atomic mass is 10.0. The minimum absolute atomic E-state index is 0.682. The average Bonchev–Trinajstić information content (AvgIpc) is 2.75. The van der Waals surface area contributed by atoms with Crippen molar-refractivity contribution in [1.82, 2.24) is 4.90 Å². The van der Waals surface area contributed by atoms with Crippen molar-refractivity contribution >= 4 is 28.7 Å². The van der Waals surface area contributed by atoms with Gasteiger partial charge in [0.15, 0.2) is 5.11 Å². The fourth-order valence-electron chi connectivity index (χ4n) is 3.74. The first-order valence-electron chi connectivity index (χ1n) is 10.7. The Kier molecular flexibility index (Phi) is 7.76. The van der Waals surface area contributed by atoms with Crippen molar-refractivity contribution in [2.75, 3.05) is 43.0 Å². The van der Waals surface area contributed by atoms with Gasteiger partial charge in [-0.3, -0.25) is 0 Å². The van der Waals surface area contributed by atoms with Gasteiger partial charge in [0.2, 0.25) is 0 Å². The standard InChI is InChI=1S/C24H33N3OS/c1-4-6-9-20-12-13-21(19(3)18-20)25-24(29)27-16-14-26(15-17-27)22-10-7-8-11-23(22)28-5-2/h7-8,10-13,18H,4-6,9,14-17H2,1-3H3,(H,25,29). The summed E-state index contributed by atoms with van der Waals surface area (Å²) in [5.74, 6) is 0.961. The van der Waals surface area contributed by atoms with Crippen LogP contribution in [0.3, 0.4) is 0 Å². The van der Waals surface area contributed by atoms with E-state index in [0.29, 0.717) is 6.61 Å². The molecule has 156 valence electrons. The minimum Gasteiger partial charge on any atom is -0.492 e. The highest BCUT2D eigenvalue weighted by molar-refractivity contribution is 7.80. The van der Waals surface area contributed by atoms with Crippen molar-refractivity contribution < 1.29 is 4.74 Å². The second-order valence-electron chi connectivity index (χ2n) is 7.56. The molecule has 0 bridgehead atoms. The molecule has 0 atom stereocenters. The van der Waals surface area contributed by atoms with Crippen LogP contribution in [0.1, 0.15) is 37.8 Å². The predicted octanol–water partition coefficient (Wildman–Crippen LogP) is 5.26. The zero-order valence-electron chi connectivity index (χ0n) is 17.9. The Balaban J connectivity index is 1.57. The summed E-state index contributed by atoms with van der Waals surface area (Å²) in [4.78, 5) is 4.65. The fraction of sp³-hybridized carbons (Fsp3) is 0.458. The molecule has 0 aromatic heterocycles. The molecule has 1 aliphatic heterocycles. The largest absolute Gasteiger partial charge is 0.492 e. The predicted molar refractivity (Wildman–Crippen MR) is 127 cm³/mol. The number of unbranched alkanes of at least 4 members (excludes halogenated alkanes) is 1. The highest BCUT2D eigenvalue weighted by Gasteiger charge is 2.21. The van der Waals surface area contributed by atoms with E-state index < -0.39 is 0 Å². The van der Waals surface area contributed by atoms with E-state index in [2.05, 4.69) is 59.3 Å². The summed E-state index contributed by atoms with van der Waals surface area (Å²) in [6.07, 6.45) is 3.61. The van der Waals surface area contributed by atoms with E-state index in [1.54, 1.807) is 0 Å². The summed E-state index contributed by atoms with van der Waals surface area (Å²) in [5, 5.41) is 4.28. The third-order valence-electron chi connectivity index (χ3n) is 5.42. The fourth-order valence-corrected chi connectivity index (χ4v) is 4.04. The second-order valence-corrected chi connectivity index (χ2v) is 7.94. The molecule has 0 unspecified atom stereocenters. The van der Waals surface area contributed by atoms with Gasteiger partial charge in [-0.05, 0) is 68.2 Å². The van der Waals surface area contributed by atoms with Crippen molar-refractivity contribution in [3.05, 3.63) is 53.6 Å². The molecule has 3 rings (SSSR count). The molecule has 29 heavy (non-hydrogen) atoms. The van der Waals surface area contributed by atoms with Crippen molar-refractivity contribution in [2.24, 2.45) is 0 Å². The lowest BCUT2D eigenvalue weighted by Crippen LogP contribution is -2.50. The van der Waals surface area contributed by atoms with Crippen LogP contribution in [0.4, 0.5) is 11.4 Å². The number of rotatable bonds is 7. The zero-order chi connectivity index (χ0) is 20.6. The molecule has 1 fully saturated rings. The third-order valence-corrected chi connectivity index (χ3v) is 5.78. The van der Waals surface area contributed by atoms with E-state index >= 15 is 0 Å². The van der Waals surface area contributed by atoms with Crippen molar-refractivity contribution in [1.29, 1.82) is 0 Å². The molecule has 1 heterocycles. The van der Waals surface area contributed by atoms with Gasteiger partial charge in [0, 0.05) is 31.9 Å². The topological polar surface area (TPSA) is 27.7 Å². The molecule has 1 N–H and O–H groups in total. The molecule has 5 heteroatoms. The normalized spacial score (nSPS) is 14.0. The van der Waals surface area contributed by atoms with Crippen LogP contribution in [0.15, 0.2) is 42.5 Å². The molecule has 0 amide bonds. The number of piperazine rings is 1. The molecule has 2 aromatic rings. The molecule has 0 saturated carbocycles. The van der Waals surface area contributed by atoms with Crippen LogP contribution in [0.25, 0.3) is 0 Å². The molecule has 2 aromatic carbocycles. The summed E-state index contributed by atoms with van der Waals surface area (Å²) in [6, 6.07) is 15.0. The van der Waals surface area contributed by atoms with Crippen LogP contribution < -0.4 is 15.0 Å². The van der Waals surface area contributed by atoms with Crippen molar-refractivity contribution in [3.63, 3.8) is 0 Å². The Hall–Kier alpha value is -2.27. The first-order chi connectivity index (χ1) is 14.1. The molecule has 1 aliphatic rings. The van der Waals surface area contributed by atoms with E-state index in [-0.39, 0.29) is 0 Å². The van der Waals surface area contributed by atoms with Crippen LogP contribution in [-0.4, -0.2) is 42.8 Å². The van der Waals surface area contributed by atoms with Gasteiger partial charge in [-0.1, -0.05) is 37.6 Å². The lowest BCUT2D eigenvalue weighted by molar-refractivity contribution is 0.336. The number of nitrogens with zero attached hydrogens (tertiary/aromatic N) is 2. The van der Waals surface area contributed by atoms with Gasteiger partial charge in [-0.25, -0.2) is 0 Å².